The molecule has 0 aliphatic rings. The van der Waals surface area contributed by atoms with E-state index < -0.39 is 0 Å². The fourth-order valence-electron chi connectivity index (χ4n) is 3.06. The number of aryl methyl sites for hydroxylation is 3. The summed E-state index contributed by atoms with van der Waals surface area (Å²) in [6.45, 7) is 6.38. The molecular formula is C22H22N6OS2. The van der Waals surface area contributed by atoms with Crippen molar-refractivity contribution in [1.82, 2.24) is 30.3 Å². The fourth-order valence-corrected chi connectivity index (χ4v) is 4.64. The largest absolute Gasteiger partial charge is 0.346 e. The molecule has 0 radical (unpaired) electrons. The van der Waals surface area contributed by atoms with Crippen LogP contribution in [-0.2, 0) is 12.3 Å². The lowest BCUT2D eigenvalue weighted by atomic mass is 10.2. The summed E-state index contributed by atoms with van der Waals surface area (Å²) in [5, 5.41) is 14.1. The molecule has 3 aromatic heterocycles. The Morgan fingerprint density at radius 1 is 1.10 bits per heavy atom. The number of carbonyl (C=O) groups excluding carboxylic acids is 1. The van der Waals surface area contributed by atoms with Crippen LogP contribution < -0.4 is 5.32 Å². The van der Waals surface area contributed by atoms with Crippen LogP contribution in [0.3, 0.4) is 0 Å². The van der Waals surface area contributed by atoms with Gasteiger partial charge in [0.25, 0.3) is 5.91 Å². The molecular weight excluding hydrogens is 428 g/mol. The van der Waals surface area contributed by atoms with E-state index in [4.69, 9.17) is 0 Å². The lowest BCUT2D eigenvalue weighted by molar-refractivity contribution is 0.0945. The molecule has 4 rings (SSSR count). The van der Waals surface area contributed by atoms with E-state index in [1.54, 1.807) is 16.0 Å². The first kappa shape index (κ1) is 21.2. The second-order valence-electron chi connectivity index (χ2n) is 7.12. The average Bonchev–Trinajstić information content (AvgIpc) is 3.40. The third-order valence-corrected chi connectivity index (χ3v) is 6.29. The van der Waals surface area contributed by atoms with Gasteiger partial charge in [0.2, 0.25) is 0 Å². The number of aromatic nitrogens is 5. The molecule has 0 atom stereocenters. The van der Waals surface area contributed by atoms with E-state index in [9.17, 15) is 4.79 Å². The summed E-state index contributed by atoms with van der Waals surface area (Å²) in [6.07, 6.45) is 0. The maximum atomic E-state index is 12.9. The number of thioether (sulfide) groups is 1. The molecule has 0 saturated heterocycles. The molecule has 4 aromatic rings. The van der Waals surface area contributed by atoms with Crippen LogP contribution in [0.15, 0.2) is 53.0 Å². The minimum atomic E-state index is -0.247. The Bertz CT molecular complexity index is 1170. The Labute approximate surface area is 189 Å². The highest BCUT2D eigenvalue weighted by atomic mass is 32.2. The SMILES string of the molecule is Cc1ccc(-n2nnc(C(=O)NCc3cccs3)c2CSc2nc(C)cc(C)n2)cc1. The third-order valence-electron chi connectivity index (χ3n) is 4.56. The Hall–Kier alpha value is -3.04. The topological polar surface area (TPSA) is 85.6 Å². The van der Waals surface area contributed by atoms with Gasteiger partial charge in [0.15, 0.2) is 10.9 Å². The van der Waals surface area contributed by atoms with Gasteiger partial charge in [-0.25, -0.2) is 14.6 Å². The molecule has 7 nitrogen and oxygen atoms in total. The molecule has 9 heteroatoms. The molecule has 0 aliphatic heterocycles. The quantitative estimate of drug-likeness (QED) is 0.334. The van der Waals surface area contributed by atoms with Crippen LogP contribution in [0.2, 0.25) is 0 Å². The highest BCUT2D eigenvalue weighted by Crippen LogP contribution is 2.24. The van der Waals surface area contributed by atoms with Crippen LogP contribution in [0.4, 0.5) is 0 Å². The standard InChI is InChI=1S/C22H22N6OS2/c1-14-6-8-17(9-7-14)28-19(13-31-22-24-15(2)11-16(3)25-22)20(26-27-28)21(29)23-12-18-5-4-10-30-18/h4-11H,12-13H2,1-3H3,(H,23,29). The molecule has 1 amide bonds. The van der Waals surface area contributed by atoms with Gasteiger partial charge in [-0.2, -0.15) is 0 Å². The number of carbonyl (C=O) groups is 1. The maximum absolute atomic E-state index is 12.9. The summed E-state index contributed by atoms with van der Waals surface area (Å²) in [5.74, 6) is 0.217. The molecule has 1 aromatic carbocycles. The van der Waals surface area contributed by atoms with Gasteiger partial charge >= 0.3 is 0 Å². The van der Waals surface area contributed by atoms with Crippen LogP contribution in [0, 0.1) is 20.8 Å². The number of amides is 1. The normalized spacial score (nSPS) is 10.9. The molecule has 31 heavy (non-hydrogen) atoms. The first-order chi connectivity index (χ1) is 15.0. The fraction of sp³-hybridized carbons (Fsp3) is 0.227. The van der Waals surface area contributed by atoms with E-state index in [1.807, 2.05) is 68.6 Å². The van der Waals surface area contributed by atoms with E-state index in [-0.39, 0.29) is 5.91 Å². The summed E-state index contributed by atoms with van der Waals surface area (Å²) in [6, 6.07) is 13.9. The Morgan fingerprint density at radius 3 is 2.52 bits per heavy atom. The molecule has 0 unspecified atom stereocenters. The highest BCUT2D eigenvalue weighted by Gasteiger charge is 2.21. The summed E-state index contributed by atoms with van der Waals surface area (Å²) < 4.78 is 1.72. The van der Waals surface area contributed by atoms with Crippen molar-refractivity contribution in [2.75, 3.05) is 0 Å². The smallest absolute Gasteiger partial charge is 0.274 e. The van der Waals surface area contributed by atoms with E-state index in [0.717, 1.165) is 27.5 Å². The van der Waals surface area contributed by atoms with E-state index in [1.165, 1.54) is 11.8 Å². The Kier molecular flexibility index (Phi) is 6.43. The van der Waals surface area contributed by atoms with Crippen LogP contribution in [0.5, 0.6) is 0 Å². The number of rotatable bonds is 7. The van der Waals surface area contributed by atoms with E-state index >= 15 is 0 Å². The number of thiophene rings is 1. The zero-order valence-electron chi connectivity index (χ0n) is 17.5. The zero-order valence-corrected chi connectivity index (χ0v) is 19.1. The van der Waals surface area contributed by atoms with Gasteiger partial charge in [-0.15, -0.1) is 16.4 Å². The van der Waals surface area contributed by atoms with Crippen molar-refractivity contribution in [2.24, 2.45) is 0 Å². The lowest BCUT2D eigenvalue weighted by Gasteiger charge is -2.09. The minimum absolute atomic E-state index is 0.247. The average molecular weight is 451 g/mol. The van der Waals surface area contributed by atoms with Crippen molar-refractivity contribution in [3.8, 4) is 5.69 Å². The van der Waals surface area contributed by atoms with Gasteiger partial charge in [-0.1, -0.05) is 40.7 Å². The van der Waals surface area contributed by atoms with Crippen molar-refractivity contribution in [1.29, 1.82) is 0 Å². The van der Waals surface area contributed by atoms with Crippen LogP contribution in [0.1, 0.15) is 38.0 Å². The number of benzene rings is 1. The zero-order chi connectivity index (χ0) is 21.8. The highest BCUT2D eigenvalue weighted by molar-refractivity contribution is 7.98. The van der Waals surface area contributed by atoms with Gasteiger partial charge in [0, 0.05) is 22.0 Å². The van der Waals surface area contributed by atoms with Gasteiger partial charge in [0.1, 0.15) is 0 Å². The molecule has 0 saturated carbocycles. The molecule has 0 spiro atoms. The molecule has 0 fully saturated rings. The number of hydrogen-bond donors (Lipinski definition) is 1. The molecule has 0 bridgehead atoms. The monoisotopic (exact) mass is 450 g/mol. The van der Waals surface area contributed by atoms with Gasteiger partial charge in [0.05, 0.1) is 17.9 Å². The van der Waals surface area contributed by atoms with Crippen molar-refractivity contribution >= 4 is 29.0 Å². The molecule has 0 aliphatic carbocycles. The number of nitrogens with one attached hydrogen (secondary N) is 1. The van der Waals surface area contributed by atoms with Crippen molar-refractivity contribution in [3.63, 3.8) is 0 Å². The van der Waals surface area contributed by atoms with Gasteiger partial charge in [-0.3, -0.25) is 4.79 Å². The maximum Gasteiger partial charge on any atom is 0.274 e. The van der Waals surface area contributed by atoms with E-state index in [0.29, 0.717) is 28.8 Å². The van der Waals surface area contributed by atoms with Crippen molar-refractivity contribution < 1.29 is 4.79 Å². The van der Waals surface area contributed by atoms with Crippen LogP contribution >= 0.6 is 23.1 Å². The summed E-state index contributed by atoms with van der Waals surface area (Å²) in [5.41, 5.74) is 4.85. The Morgan fingerprint density at radius 2 is 1.84 bits per heavy atom. The van der Waals surface area contributed by atoms with Crippen molar-refractivity contribution in [3.05, 3.63) is 81.1 Å². The number of nitrogens with zero attached hydrogens (tertiary/aromatic N) is 5. The molecule has 1 N–H and O–H groups in total. The predicted octanol–water partition coefficient (Wildman–Crippen LogP) is 4.27. The molecule has 158 valence electrons. The Balaban J connectivity index is 1.62. The first-order valence-corrected chi connectivity index (χ1v) is 11.6. The van der Waals surface area contributed by atoms with E-state index in [2.05, 4.69) is 25.6 Å². The summed E-state index contributed by atoms with van der Waals surface area (Å²) >= 11 is 3.07. The van der Waals surface area contributed by atoms with Crippen LogP contribution in [0.25, 0.3) is 5.69 Å². The second-order valence-corrected chi connectivity index (χ2v) is 9.09. The minimum Gasteiger partial charge on any atom is -0.346 e. The third kappa shape index (κ3) is 5.18. The van der Waals surface area contributed by atoms with Crippen molar-refractivity contribution in [2.45, 2.75) is 38.2 Å². The predicted molar refractivity (Wildman–Crippen MR) is 123 cm³/mol. The summed E-state index contributed by atoms with van der Waals surface area (Å²) in [7, 11) is 0. The van der Waals surface area contributed by atoms with Gasteiger partial charge in [-0.05, 0) is 50.4 Å². The second kappa shape index (κ2) is 9.40. The van der Waals surface area contributed by atoms with Gasteiger partial charge < -0.3 is 5.32 Å². The summed E-state index contributed by atoms with van der Waals surface area (Å²) in [4.78, 5) is 23.0. The number of hydrogen-bond acceptors (Lipinski definition) is 7. The van der Waals surface area contributed by atoms with Crippen LogP contribution in [-0.4, -0.2) is 30.9 Å². The molecule has 3 heterocycles. The first-order valence-electron chi connectivity index (χ1n) is 9.77. The lowest BCUT2D eigenvalue weighted by Crippen LogP contribution is -2.24.